The van der Waals surface area contributed by atoms with Gasteiger partial charge in [0.1, 0.15) is 11.7 Å². The minimum atomic E-state index is -1.19. The molecule has 10 nitrogen and oxygen atoms in total. The van der Waals surface area contributed by atoms with Crippen LogP contribution in [0.5, 0.6) is 0 Å². The number of hydrogen-bond donors (Lipinski definition) is 4. The second kappa shape index (κ2) is 15.9. The molecule has 1 aromatic heterocycles. The van der Waals surface area contributed by atoms with Crippen molar-refractivity contribution in [2.45, 2.75) is 96.3 Å². The summed E-state index contributed by atoms with van der Waals surface area (Å²) in [5.74, 6) is -0.675. The van der Waals surface area contributed by atoms with E-state index in [-0.39, 0.29) is 41.6 Å². The third kappa shape index (κ3) is 9.88. The summed E-state index contributed by atoms with van der Waals surface area (Å²) >= 11 is 0. The first kappa shape index (κ1) is 36.0. The van der Waals surface area contributed by atoms with Crippen LogP contribution in [0.4, 0.5) is 0 Å². The van der Waals surface area contributed by atoms with Crippen LogP contribution in [-0.4, -0.2) is 70.3 Å². The third-order valence-electron chi connectivity index (χ3n) is 10.00. The van der Waals surface area contributed by atoms with Crippen molar-refractivity contribution in [3.63, 3.8) is 0 Å². The van der Waals surface area contributed by atoms with E-state index in [0.29, 0.717) is 30.3 Å². The standard InChI is InChI=1S/C39H52N6O4/c1-25(23-45-24-29-16-9-8-15-28(29)21-34(45)38(49)44-39(2,3)4)32(20-26-12-6-5-7-13-26)42-37(48)33(22-35(40)46)43-36(47)31-19-18-27-14-10-11-17-30(27)41-31/h5-7,10-14,17-19,25,28-29,32-34H,8-9,15-16,20-24H2,1-4H3,(H2,40,46)(H,42,48)(H,43,47)(H,44,49)/t25-,28?,29?,32+,33+,34+/m1/s1. The fraction of sp³-hybridized carbons (Fsp3) is 0.513. The number of nitrogens with two attached hydrogens (primary N) is 1. The number of aromatic nitrogens is 1. The molecule has 2 aromatic carbocycles. The van der Waals surface area contributed by atoms with Crippen LogP contribution in [-0.2, 0) is 20.8 Å². The summed E-state index contributed by atoms with van der Waals surface area (Å²) in [5.41, 5.74) is 7.06. The summed E-state index contributed by atoms with van der Waals surface area (Å²) in [6.45, 7) is 9.58. The molecule has 262 valence electrons. The zero-order valence-corrected chi connectivity index (χ0v) is 29.3. The van der Waals surface area contributed by atoms with Gasteiger partial charge in [0, 0.05) is 30.1 Å². The Balaban J connectivity index is 1.35. The Morgan fingerprint density at radius 2 is 1.61 bits per heavy atom. The molecule has 3 aromatic rings. The maximum absolute atomic E-state index is 13.9. The molecule has 1 aliphatic carbocycles. The van der Waals surface area contributed by atoms with Crippen LogP contribution in [0, 0.1) is 17.8 Å². The molecule has 10 heteroatoms. The third-order valence-corrected chi connectivity index (χ3v) is 10.00. The number of pyridine rings is 1. The fourth-order valence-electron chi connectivity index (χ4n) is 7.51. The number of amides is 4. The van der Waals surface area contributed by atoms with Crippen molar-refractivity contribution in [2.75, 3.05) is 13.1 Å². The highest BCUT2D eigenvalue weighted by Gasteiger charge is 2.41. The molecule has 49 heavy (non-hydrogen) atoms. The molecular formula is C39H52N6O4. The van der Waals surface area contributed by atoms with Gasteiger partial charge in [-0.15, -0.1) is 0 Å². The Kier molecular flexibility index (Phi) is 11.7. The highest BCUT2D eigenvalue weighted by Crippen LogP contribution is 2.39. The molecule has 5 N–H and O–H groups in total. The molecule has 0 radical (unpaired) electrons. The number of carbonyl (C=O) groups excluding carboxylic acids is 4. The van der Waals surface area contributed by atoms with E-state index in [9.17, 15) is 19.2 Å². The lowest BCUT2D eigenvalue weighted by atomic mass is 9.72. The van der Waals surface area contributed by atoms with Crippen LogP contribution in [0.2, 0.25) is 0 Å². The smallest absolute Gasteiger partial charge is 0.270 e. The van der Waals surface area contributed by atoms with Crippen LogP contribution in [0.1, 0.15) is 82.3 Å². The predicted octanol–water partition coefficient (Wildman–Crippen LogP) is 4.37. The van der Waals surface area contributed by atoms with E-state index in [1.165, 1.54) is 25.7 Å². The average Bonchev–Trinajstić information content (AvgIpc) is 3.06. The maximum Gasteiger partial charge on any atom is 0.270 e. The number of piperidine rings is 1. The van der Waals surface area contributed by atoms with E-state index >= 15 is 0 Å². The molecule has 4 amide bonds. The number of carbonyl (C=O) groups is 4. The Hall–Kier alpha value is -4.31. The Morgan fingerprint density at radius 1 is 0.918 bits per heavy atom. The molecular weight excluding hydrogens is 616 g/mol. The van der Waals surface area contributed by atoms with Crippen molar-refractivity contribution in [3.8, 4) is 0 Å². The van der Waals surface area contributed by atoms with Gasteiger partial charge in [-0.2, -0.15) is 0 Å². The van der Waals surface area contributed by atoms with Gasteiger partial charge >= 0.3 is 0 Å². The lowest BCUT2D eigenvalue weighted by molar-refractivity contribution is -0.132. The van der Waals surface area contributed by atoms with Gasteiger partial charge in [-0.3, -0.25) is 24.1 Å². The molecule has 5 rings (SSSR count). The molecule has 0 bridgehead atoms. The largest absolute Gasteiger partial charge is 0.370 e. The Bertz CT molecular complexity index is 1620. The summed E-state index contributed by atoms with van der Waals surface area (Å²) in [6, 6.07) is 19.0. The minimum absolute atomic E-state index is 0.0545. The van der Waals surface area contributed by atoms with Gasteiger partial charge in [0.05, 0.1) is 18.0 Å². The monoisotopic (exact) mass is 668 g/mol. The van der Waals surface area contributed by atoms with E-state index in [2.05, 4.69) is 32.8 Å². The van der Waals surface area contributed by atoms with Gasteiger partial charge in [-0.25, -0.2) is 4.98 Å². The van der Waals surface area contributed by atoms with Gasteiger partial charge < -0.3 is 21.7 Å². The van der Waals surface area contributed by atoms with E-state index in [4.69, 9.17) is 5.73 Å². The van der Waals surface area contributed by atoms with Crippen LogP contribution in [0.3, 0.4) is 0 Å². The molecule has 2 aliphatic rings. The summed E-state index contributed by atoms with van der Waals surface area (Å²) in [4.78, 5) is 59.9. The van der Waals surface area contributed by atoms with Crippen molar-refractivity contribution in [1.29, 1.82) is 0 Å². The van der Waals surface area contributed by atoms with Gasteiger partial charge in [0.25, 0.3) is 5.91 Å². The highest BCUT2D eigenvalue weighted by molar-refractivity contribution is 5.99. The zero-order chi connectivity index (χ0) is 35.1. The lowest BCUT2D eigenvalue weighted by Gasteiger charge is -2.47. The Labute approximate surface area is 290 Å². The highest BCUT2D eigenvalue weighted by atomic mass is 16.2. The number of benzene rings is 2. The van der Waals surface area contributed by atoms with Crippen LogP contribution >= 0.6 is 0 Å². The minimum Gasteiger partial charge on any atom is -0.370 e. The number of fused-ring (bicyclic) bond motifs is 2. The van der Waals surface area contributed by atoms with Crippen LogP contribution in [0.25, 0.3) is 10.9 Å². The number of primary amides is 1. The van der Waals surface area contributed by atoms with Gasteiger partial charge in [-0.05, 0) is 75.5 Å². The lowest BCUT2D eigenvalue weighted by Crippen LogP contribution is -2.59. The summed E-state index contributed by atoms with van der Waals surface area (Å²) in [5, 5.41) is 10.00. The first-order valence-corrected chi connectivity index (χ1v) is 17.7. The number of nitrogens with zero attached hydrogens (tertiary/aromatic N) is 2. The summed E-state index contributed by atoms with van der Waals surface area (Å²) in [7, 11) is 0. The van der Waals surface area contributed by atoms with Crippen LogP contribution in [0.15, 0.2) is 66.7 Å². The second-order valence-corrected chi connectivity index (χ2v) is 15.1. The number of likely N-dealkylation sites (tertiary alicyclic amines) is 1. The normalized spacial score (nSPS) is 21.5. The topological polar surface area (TPSA) is 147 Å². The van der Waals surface area contributed by atoms with Crippen molar-refractivity contribution in [3.05, 3.63) is 78.0 Å². The SMILES string of the molecule is C[C@H](CN1CC2CCCCC2C[C@H]1C(=O)NC(C)(C)C)[C@H](Cc1ccccc1)NC(=O)[C@H](CC(N)=O)NC(=O)c1ccc2ccccc2n1. The molecule has 2 unspecified atom stereocenters. The average molecular weight is 669 g/mol. The molecule has 1 aliphatic heterocycles. The number of rotatable bonds is 12. The molecule has 1 saturated carbocycles. The second-order valence-electron chi connectivity index (χ2n) is 15.1. The van der Waals surface area contributed by atoms with Crippen molar-refractivity contribution >= 4 is 34.5 Å². The van der Waals surface area contributed by atoms with Crippen molar-refractivity contribution < 1.29 is 19.2 Å². The van der Waals surface area contributed by atoms with Crippen molar-refractivity contribution in [2.24, 2.45) is 23.5 Å². The van der Waals surface area contributed by atoms with Gasteiger partial charge in [-0.1, -0.05) is 80.8 Å². The van der Waals surface area contributed by atoms with Crippen LogP contribution < -0.4 is 21.7 Å². The maximum atomic E-state index is 13.9. The number of para-hydroxylation sites is 1. The first-order valence-electron chi connectivity index (χ1n) is 17.7. The number of nitrogens with one attached hydrogen (secondary N) is 3. The fourth-order valence-corrected chi connectivity index (χ4v) is 7.51. The summed E-state index contributed by atoms with van der Waals surface area (Å²) in [6.07, 6.45) is 5.80. The predicted molar refractivity (Wildman–Crippen MR) is 191 cm³/mol. The molecule has 1 saturated heterocycles. The van der Waals surface area contributed by atoms with E-state index in [1.54, 1.807) is 12.1 Å². The molecule has 0 spiro atoms. The van der Waals surface area contributed by atoms with Gasteiger partial charge in [0.15, 0.2) is 0 Å². The summed E-state index contributed by atoms with van der Waals surface area (Å²) < 4.78 is 0. The quantitative estimate of drug-likeness (QED) is 0.226. The number of hydrogen-bond acceptors (Lipinski definition) is 6. The molecule has 2 heterocycles. The first-order chi connectivity index (χ1) is 23.4. The molecule has 6 atom stereocenters. The molecule has 2 fully saturated rings. The zero-order valence-electron chi connectivity index (χ0n) is 29.3. The van der Waals surface area contributed by atoms with E-state index in [1.807, 2.05) is 75.4 Å². The van der Waals surface area contributed by atoms with Gasteiger partial charge in [0.2, 0.25) is 17.7 Å². The van der Waals surface area contributed by atoms with E-state index < -0.39 is 23.8 Å². The van der Waals surface area contributed by atoms with Crippen molar-refractivity contribution in [1.82, 2.24) is 25.8 Å². The van der Waals surface area contributed by atoms with E-state index in [0.717, 1.165) is 23.9 Å². The Morgan fingerprint density at radius 3 is 2.33 bits per heavy atom.